The number of rotatable bonds is 5. The van der Waals surface area contributed by atoms with Gasteiger partial charge in [0.25, 0.3) is 0 Å². The number of ether oxygens (including phenoxy) is 1. The van der Waals surface area contributed by atoms with Crippen molar-refractivity contribution >= 4 is 5.97 Å². The highest BCUT2D eigenvalue weighted by Crippen LogP contribution is 1.92. The first-order chi connectivity index (χ1) is 6.06. The lowest BCUT2D eigenvalue weighted by Gasteiger charge is -2.14. The van der Waals surface area contributed by atoms with E-state index in [9.17, 15) is 4.79 Å². The van der Waals surface area contributed by atoms with E-state index in [1.54, 1.807) is 11.9 Å². The maximum Gasteiger partial charge on any atom is 0.320 e. The molecule has 0 aliphatic carbocycles. The van der Waals surface area contributed by atoms with Crippen molar-refractivity contribution < 1.29 is 9.53 Å². The van der Waals surface area contributed by atoms with Crippen LogP contribution in [0.2, 0.25) is 0 Å². The Bertz CT molecular complexity index is 196. The third-order valence-corrected chi connectivity index (χ3v) is 1.37. The van der Waals surface area contributed by atoms with Crippen LogP contribution < -0.4 is 0 Å². The van der Waals surface area contributed by atoms with Gasteiger partial charge in [0.2, 0.25) is 0 Å². The fourth-order valence-electron chi connectivity index (χ4n) is 0.840. The highest BCUT2D eigenvalue weighted by Gasteiger charge is 2.08. The lowest BCUT2D eigenvalue weighted by atomic mass is 10.4. The van der Waals surface area contributed by atoms with Gasteiger partial charge in [-0.3, -0.25) is 9.69 Å². The molecule has 0 atom stereocenters. The topological polar surface area (TPSA) is 53.3 Å². The molecule has 4 nitrogen and oxygen atoms in total. The molecule has 0 radical (unpaired) electrons. The van der Waals surface area contributed by atoms with E-state index in [-0.39, 0.29) is 18.6 Å². The van der Waals surface area contributed by atoms with Crippen molar-refractivity contribution in [3.05, 3.63) is 0 Å². The summed E-state index contributed by atoms with van der Waals surface area (Å²) in [6.45, 7) is 4.48. The van der Waals surface area contributed by atoms with Gasteiger partial charge in [-0.15, -0.1) is 0 Å². The summed E-state index contributed by atoms with van der Waals surface area (Å²) in [6, 6.07) is 2.02. The normalized spacial score (nSPS) is 10.2. The van der Waals surface area contributed by atoms with Crippen molar-refractivity contribution in [3.63, 3.8) is 0 Å². The van der Waals surface area contributed by atoms with Gasteiger partial charge >= 0.3 is 5.97 Å². The summed E-state index contributed by atoms with van der Waals surface area (Å²) >= 11 is 0. The summed E-state index contributed by atoms with van der Waals surface area (Å²) in [5, 5.41) is 8.30. The van der Waals surface area contributed by atoms with Crippen molar-refractivity contribution in [2.75, 3.05) is 20.1 Å². The Morgan fingerprint density at radius 2 is 2.23 bits per heavy atom. The number of nitriles is 1. The molecule has 0 spiro atoms. The molecular weight excluding hydrogens is 168 g/mol. The van der Waals surface area contributed by atoms with Crippen molar-refractivity contribution in [1.29, 1.82) is 5.26 Å². The number of carbonyl (C=O) groups is 1. The maximum atomic E-state index is 11.1. The summed E-state index contributed by atoms with van der Waals surface area (Å²) in [7, 11) is 1.79. The smallest absolute Gasteiger partial charge is 0.320 e. The Hall–Kier alpha value is -1.08. The molecule has 0 unspecified atom stereocenters. The number of carbonyl (C=O) groups excluding carboxylic acids is 1. The van der Waals surface area contributed by atoms with Crippen LogP contribution in [0.5, 0.6) is 0 Å². The largest absolute Gasteiger partial charge is 0.462 e. The molecule has 0 aromatic carbocycles. The first-order valence-electron chi connectivity index (χ1n) is 4.31. The van der Waals surface area contributed by atoms with Gasteiger partial charge in [-0.05, 0) is 20.9 Å². The van der Waals surface area contributed by atoms with Crippen LogP contribution in [-0.2, 0) is 9.53 Å². The van der Waals surface area contributed by atoms with Gasteiger partial charge in [0.1, 0.15) is 0 Å². The highest BCUT2D eigenvalue weighted by atomic mass is 16.5. The monoisotopic (exact) mass is 184 g/mol. The number of nitrogens with zero attached hydrogens (tertiary/aromatic N) is 2. The minimum atomic E-state index is -0.240. The Morgan fingerprint density at radius 1 is 1.62 bits per heavy atom. The lowest BCUT2D eigenvalue weighted by Crippen LogP contribution is -2.29. The van der Waals surface area contributed by atoms with Crippen LogP contribution in [0.15, 0.2) is 0 Å². The molecule has 0 saturated carbocycles. The van der Waals surface area contributed by atoms with Crippen LogP contribution in [0.4, 0.5) is 0 Å². The summed E-state index contributed by atoms with van der Waals surface area (Å²) < 4.78 is 4.94. The van der Waals surface area contributed by atoms with E-state index in [1.165, 1.54) is 0 Å². The summed E-state index contributed by atoms with van der Waals surface area (Å²) in [6.07, 6.45) is 0.364. The predicted octanol–water partition coefficient (Wildman–Crippen LogP) is 0.783. The third-order valence-electron chi connectivity index (χ3n) is 1.37. The van der Waals surface area contributed by atoms with Crippen molar-refractivity contribution in [3.8, 4) is 6.07 Å². The lowest BCUT2D eigenvalue weighted by molar-refractivity contribution is -0.148. The average Bonchev–Trinajstić information content (AvgIpc) is 1.98. The number of hydrogen-bond donors (Lipinski definition) is 0. The SMILES string of the molecule is CC(C)OC(=O)CN(C)CCC#N. The first kappa shape index (κ1) is 11.9. The van der Waals surface area contributed by atoms with Gasteiger partial charge in [0, 0.05) is 13.0 Å². The average molecular weight is 184 g/mol. The third kappa shape index (κ3) is 7.29. The molecular formula is C9H16N2O2. The number of likely N-dealkylation sites (N-methyl/N-ethyl adjacent to an activating group) is 1. The van der Waals surface area contributed by atoms with Crippen LogP contribution in [0.1, 0.15) is 20.3 Å². The van der Waals surface area contributed by atoms with E-state index < -0.39 is 0 Å². The van der Waals surface area contributed by atoms with E-state index in [4.69, 9.17) is 10.00 Å². The van der Waals surface area contributed by atoms with Crippen LogP contribution >= 0.6 is 0 Å². The Kier molecular flexibility index (Phi) is 5.90. The van der Waals surface area contributed by atoms with Gasteiger partial charge in [-0.2, -0.15) is 5.26 Å². The first-order valence-corrected chi connectivity index (χ1v) is 4.31. The van der Waals surface area contributed by atoms with Gasteiger partial charge < -0.3 is 4.74 Å². The van der Waals surface area contributed by atoms with E-state index in [0.717, 1.165) is 0 Å². The van der Waals surface area contributed by atoms with Gasteiger partial charge in [0.05, 0.1) is 18.7 Å². The van der Waals surface area contributed by atoms with E-state index in [2.05, 4.69) is 0 Å². The minimum absolute atomic E-state index is 0.0723. The fourth-order valence-corrected chi connectivity index (χ4v) is 0.840. The Labute approximate surface area is 79.1 Å². The number of hydrogen-bond acceptors (Lipinski definition) is 4. The Balaban J connectivity index is 3.60. The van der Waals surface area contributed by atoms with E-state index >= 15 is 0 Å². The minimum Gasteiger partial charge on any atom is -0.462 e. The Morgan fingerprint density at radius 3 is 2.69 bits per heavy atom. The maximum absolute atomic E-state index is 11.1. The zero-order valence-corrected chi connectivity index (χ0v) is 8.41. The van der Waals surface area contributed by atoms with Crippen molar-refractivity contribution in [1.82, 2.24) is 4.90 Å². The van der Waals surface area contributed by atoms with Crippen LogP contribution in [0.25, 0.3) is 0 Å². The molecule has 0 amide bonds. The van der Waals surface area contributed by atoms with Crippen LogP contribution in [0, 0.1) is 11.3 Å². The molecule has 0 aromatic rings. The second-order valence-corrected chi connectivity index (χ2v) is 3.18. The standard InChI is InChI=1S/C9H16N2O2/c1-8(2)13-9(12)7-11(3)6-4-5-10/h8H,4,6-7H2,1-3H3. The van der Waals surface area contributed by atoms with Gasteiger partial charge in [-0.25, -0.2) is 0 Å². The molecule has 0 aliphatic rings. The molecule has 0 heterocycles. The van der Waals surface area contributed by atoms with E-state index in [1.807, 2.05) is 19.9 Å². The van der Waals surface area contributed by atoms with E-state index in [0.29, 0.717) is 13.0 Å². The molecule has 0 fully saturated rings. The van der Waals surface area contributed by atoms with Crippen LogP contribution in [-0.4, -0.2) is 37.1 Å². The zero-order chi connectivity index (χ0) is 10.3. The molecule has 74 valence electrons. The summed E-state index contributed by atoms with van der Waals surface area (Å²) in [4.78, 5) is 12.9. The number of esters is 1. The summed E-state index contributed by atoms with van der Waals surface area (Å²) in [5.74, 6) is -0.240. The quantitative estimate of drug-likeness (QED) is 0.592. The highest BCUT2D eigenvalue weighted by molar-refractivity contribution is 5.71. The molecule has 0 bridgehead atoms. The molecule has 0 rings (SSSR count). The second-order valence-electron chi connectivity index (χ2n) is 3.18. The molecule has 0 saturated heterocycles. The van der Waals surface area contributed by atoms with Crippen LogP contribution in [0.3, 0.4) is 0 Å². The summed E-state index contributed by atoms with van der Waals surface area (Å²) in [5.41, 5.74) is 0. The predicted molar refractivity (Wildman–Crippen MR) is 49.0 cm³/mol. The van der Waals surface area contributed by atoms with Gasteiger partial charge in [-0.1, -0.05) is 0 Å². The molecule has 0 aromatic heterocycles. The van der Waals surface area contributed by atoms with Crippen molar-refractivity contribution in [2.45, 2.75) is 26.4 Å². The second kappa shape index (κ2) is 6.44. The van der Waals surface area contributed by atoms with Gasteiger partial charge in [0.15, 0.2) is 0 Å². The van der Waals surface area contributed by atoms with Crippen molar-refractivity contribution in [2.24, 2.45) is 0 Å². The molecule has 0 N–H and O–H groups in total. The fraction of sp³-hybridized carbons (Fsp3) is 0.778. The molecule has 0 aliphatic heterocycles. The molecule has 13 heavy (non-hydrogen) atoms. The molecule has 4 heteroatoms. The zero-order valence-electron chi connectivity index (χ0n) is 8.41.